The molecule has 0 aliphatic carbocycles. The third-order valence-electron chi connectivity index (χ3n) is 2.28. The smallest absolute Gasteiger partial charge is 0.248 e. The molecule has 0 fully saturated rings. The van der Waals surface area contributed by atoms with E-state index in [9.17, 15) is 4.79 Å². The molecule has 2 aromatic rings. The molecule has 0 aliphatic heterocycles. The van der Waals surface area contributed by atoms with Crippen molar-refractivity contribution in [2.24, 2.45) is 0 Å². The molecule has 0 bridgehead atoms. The van der Waals surface area contributed by atoms with Crippen molar-refractivity contribution in [2.45, 2.75) is 0 Å². The molecule has 0 aliphatic rings. The fourth-order valence-corrected chi connectivity index (χ4v) is 2.05. The molecule has 0 atom stereocenters. The van der Waals surface area contributed by atoms with Gasteiger partial charge in [0.2, 0.25) is 5.91 Å². The van der Waals surface area contributed by atoms with E-state index in [1.807, 2.05) is 35.7 Å². The summed E-state index contributed by atoms with van der Waals surface area (Å²) in [5, 5.41) is 4.75. The summed E-state index contributed by atoms with van der Waals surface area (Å²) < 4.78 is 5.09. The number of hydrogen-bond donors (Lipinski definition) is 1. The summed E-state index contributed by atoms with van der Waals surface area (Å²) >= 11 is 1.59. The Hall–Kier alpha value is -2.07. The predicted octanol–water partition coefficient (Wildman–Crippen LogP) is 3.41. The van der Waals surface area contributed by atoms with Crippen LogP contribution in [0, 0.1) is 0 Å². The Bertz CT molecular complexity index is 547. The number of carbonyl (C=O) groups is 1. The lowest BCUT2D eigenvalue weighted by atomic mass is 10.3. The summed E-state index contributed by atoms with van der Waals surface area (Å²) in [4.78, 5) is 12.7. The van der Waals surface area contributed by atoms with E-state index in [0.717, 1.165) is 16.3 Å². The van der Waals surface area contributed by atoms with Gasteiger partial charge in [-0.15, -0.1) is 11.3 Å². The van der Waals surface area contributed by atoms with Crippen molar-refractivity contribution in [3.05, 3.63) is 52.7 Å². The molecule has 1 aromatic heterocycles. The fraction of sp³-hybridized carbons (Fsp3) is 0.0714. The Balaban J connectivity index is 1.98. The molecule has 2 rings (SSSR count). The van der Waals surface area contributed by atoms with Crippen LogP contribution in [-0.4, -0.2) is 13.0 Å². The van der Waals surface area contributed by atoms with Crippen LogP contribution in [0.2, 0.25) is 0 Å². The Morgan fingerprint density at radius 3 is 2.94 bits per heavy atom. The quantitative estimate of drug-likeness (QED) is 0.854. The maximum atomic E-state index is 11.7. The molecule has 0 spiro atoms. The van der Waals surface area contributed by atoms with Gasteiger partial charge in [-0.25, -0.2) is 0 Å². The lowest BCUT2D eigenvalue weighted by Gasteiger charge is -2.04. The third-order valence-corrected chi connectivity index (χ3v) is 3.12. The second kappa shape index (κ2) is 6.02. The standard InChI is InChI=1S/C14H13NO2S/c1-17-12-5-2-4-11(10-12)15-14(16)8-7-13-6-3-9-18-13/h2-10H,1H3,(H,15,16)/b8-7+. The molecular weight excluding hydrogens is 246 g/mol. The van der Waals surface area contributed by atoms with E-state index in [2.05, 4.69) is 5.32 Å². The summed E-state index contributed by atoms with van der Waals surface area (Å²) in [6.45, 7) is 0. The maximum absolute atomic E-state index is 11.7. The zero-order valence-electron chi connectivity index (χ0n) is 9.92. The lowest BCUT2D eigenvalue weighted by Crippen LogP contribution is -2.07. The van der Waals surface area contributed by atoms with E-state index in [-0.39, 0.29) is 5.91 Å². The molecule has 0 saturated heterocycles. The van der Waals surface area contributed by atoms with Crippen LogP contribution in [0.5, 0.6) is 5.75 Å². The second-order valence-electron chi connectivity index (χ2n) is 3.57. The predicted molar refractivity (Wildman–Crippen MR) is 75.0 cm³/mol. The van der Waals surface area contributed by atoms with Crippen molar-refractivity contribution in [2.75, 3.05) is 12.4 Å². The highest BCUT2D eigenvalue weighted by molar-refractivity contribution is 7.10. The minimum absolute atomic E-state index is 0.156. The van der Waals surface area contributed by atoms with Crippen molar-refractivity contribution in [1.29, 1.82) is 0 Å². The Morgan fingerprint density at radius 1 is 1.33 bits per heavy atom. The first-order valence-electron chi connectivity index (χ1n) is 5.44. The Kier molecular flexibility index (Phi) is 4.15. The van der Waals surface area contributed by atoms with Crippen molar-refractivity contribution < 1.29 is 9.53 Å². The van der Waals surface area contributed by atoms with Crippen LogP contribution in [0.25, 0.3) is 6.08 Å². The molecule has 0 radical (unpaired) electrons. The van der Waals surface area contributed by atoms with Gasteiger partial charge >= 0.3 is 0 Å². The van der Waals surface area contributed by atoms with Crippen LogP contribution < -0.4 is 10.1 Å². The van der Waals surface area contributed by atoms with Gasteiger partial charge in [0.15, 0.2) is 0 Å². The van der Waals surface area contributed by atoms with Crippen molar-refractivity contribution >= 4 is 29.0 Å². The van der Waals surface area contributed by atoms with Gasteiger partial charge in [-0.3, -0.25) is 4.79 Å². The molecule has 3 nitrogen and oxygen atoms in total. The molecule has 1 heterocycles. The maximum Gasteiger partial charge on any atom is 0.248 e. The van der Waals surface area contributed by atoms with Gasteiger partial charge in [-0.05, 0) is 29.7 Å². The molecular formula is C14H13NO2S. The SMILES string of the molecule is COc1cccc(NC(=O)/C=C/c2cccs2)c1. The van der Waals surface area contributed by atoms with Gasteiger partial charge in [-0.2, -0.15) is 0 Å². The number of methoxy groups -OCH3 is 1. The average molecular weight is 259 g/mol. The lowest BCUT2D eigenvalue weighted by molar-refractivity contribution is -0.111. The van der Waals surface area contributed by atoms with Crippen LogP contribution >= 0.6 is 11.3 Å². The van der Waals surface area contributed by atoms with Gasteiger partial charge in [0.1, 0.15) is 5.75 Å². The summed E-state index contributed by atoms with van der Waals surface area (Å²) in [5.74, 6) is 0.562. The molecule has 0 unspecified atom stereocenters. The van der Waals surface area contributed by atoms with Crippen LogP contribution in [-0.2, 0) is 4.79 Å². The van der Waals surface area contributed by atoms with E-state index < -0.39 is 0 Å². The number of hydrogen-bond acceptors (Lipinski definition) is 3. The summed E-state index contributed by atoms with van der Waals surface area (Å²) in [7, 11) is 1.59. The van der Waals surface area contributed by atoms with Crippen molar-refractivity contribution in [3.63, 3.8) is 0 Å². The van der Waals surface area contributed by atoms with E-state index >= 15 is 0 Å². The van der Waals surface area contributed by atoms with Gasteiger partial charge in [-0.1, -0.05) is 12.1 Å². The highest BCUT2D eigenvalue weighted by Crippen LogP contribution is 2.17. The van der Waals surface area contributed by atoms with Crippen molar-refractivity contribution in [1.82, 2.24) is 0 Å². The number of ether oxygens (including phenoxy) is 1. The zero-order chi connectivity index (χ0) is 12.8. The second-order valence-corrected chi connectivity index (χ2v) is 4.55. The molecule has 4 heteroatoms. The molecule has 1 amide bonds. The zero-order valence-corrected chi connectivity index (χ0v) is 10.7. The normalized spacial score (nSPS) is 10.5. The Morgan fingerprint density at radius 2 is 2.22 bits per heavy atom. The fourth-order valence-electron chi connectivity index (χ4n) is 1.43. The number of carbonyl (C=O) groups excluding carboxylic acids is 1. The minimum atomic E-state index is -0.156. The highest BCUT2D eigenvalue weighted by atomic mass is 32.1. The first-order valence-corrected chi connectivity index (χ1v) is 6.32. The summed E-state index contributed by atoms with van der Waals surface area (Å²) in [6.07, 6.45) is 3.31. The number of nitrogens with one attached hydrogen (secondary N) is 1. The van der Waals surface area contributed by atoms with Crippen LogP contribution in [0.15, 0.2) is 47.9 Å². The molecule has 1 N–H and O–H groups in total. The van der Waals surface area contributed by atoms with Gasteiger partial charge in [0.25, 0.3) is 0 Å². The summed E-state index contributed by atoms with van der Waals surface area (Å²) in [6, 6.07) is 11.2. The van der Waals surface area contributed by atoms with Gasteiger partial charge < -0.3 is 10.1 Å². The number of thiophene rings is 1. The van der Waals surface area contributed by atoms with E-state index in [0.29, 0.717) is 0 Å². The molecule has 1 aromatic carbocycles. The average Bonchev–Trinajstić information content (AvgIpc) is 2.90. The van der Waals surface area contributed by atoms with E-state index in [1.54, 1.807) is 30.6 Å². The Labute approximate surface area is 110 Å². The van der Waals surface area contributed by atoms with E-state index in [4.69, 9.17) is 4.74 Å². The van der Waals surface area contributed by atoms with Crippen LogP contribution in [0.1, 0.15) is 4.88 Å². The first-order chi connectivity index (χ1) is 8.78. The van der Waals surface area contributed by atoms with E-state index in [1.165, 1.54) is 6.08 Å². The number of benzene rings is 1. The monoisotopic (exact) mass is 259 g/mol. The highest BCUT2D eigenvalue weighted by Gasteiger charge is 1.99. The minimum Gasteiger partial charge on any atom is -0.497 e. The van der Waals surface area contributed by atoms with Crippen LogP contribution in [0.4, 0.5) is 5.69 Å². The van der Waals surface area contributed by atoms with Gasteiger partial charge in [0, 0.05) is 22.7 Å². The molecule has 92 valence electrons. The van der Waals surface area contributed by atoms with Crippen LogP contribution in [0.3, 0.4) is 0 Å². The summed E-state index contributed by atoms with van der Waals surface area (Å²) in [5.41, 5.74) is 0.718. The largest absolute Gasteiger partial charge is 0.497 e. The third kappa shape index (κ3) is 3.46. The number of rotatable bonds is 4. The topological polar surface area (TPSA) is 38.3 Å². The molecule has 0 saturated carbocycles. The van der Waals surface area contributed by atoms with Crippen molar-refractivity contribution in [3.8, 4) is 5.75 Å². The van der Waals surface area contributed by atoms with Gasteiger partial charge in [0.05, 0.1) is 7.11 Å². The molecule has 18 heavy (non-hydrogen) atoms. The number of amides is 1. The first kappa shape index (κ1) is 12.4. The number of anilines is 1.